The van der Waals surface area contributed by atoms with Gasteiger partial charge in [-0.05, 0) is 55.2 Å². The Bertz CT molecular complexity index is 735. The predicted octanol–water partition coefficient (Wildman–Crippen LogP) is 5.21. The van der Waals surface area contributed by atoms with Crippen molar-refractivity contribution in [2.75, 3.05) is 5.75 Å². The maximum absolute atomic E-state index is 13.7. The minimum atomic E-state index is -0.334. The molecule has 2 aromatic rings. The van der Waals surface area contributed by atoms with Crippen LogP contribution in [-0.2, 0) is 10.5 Å². The number of aryl methyl sites for hydroxylation is 2. The average molecular weight is 366 g/mol. The maximum atomic E-state index is 13.7. The summed E-state index contributed by atoms with van der Waals surface area (Å²) in [5, 5.41) is 3.35. The lowest BCUT2D eigenvalue weighted by Gasteiger charge is -2.15. The van der Waals surface area contributed by atoms with Gasteiger partial charge in [-0.2, -0.15) is 0 Å². The van der Waals surface area contributed by atoms with Crippen molar-refractivity contribution in [3.63, 3.8) is 0 Å². The monoisotopic (exact) mass is 365 g/mol. The van der Waals surface area contributed by atoms with E-state index in [4.69, 9.17) is 11.6 Å². The summed E-state index contributed by atoms with van der Waals surface area (Å²) < 4.78 is 13.7. The summed E-state index contributed by atoms with van der Waals surface area (Å²) in [6.45, 7) is 6.09. The number of amides is 1. The van der Waals surface area contributed by atoms with Crippen LogP contribution in [0.2, 0.25) is 5.02 Å². The number of hydrogen-bond donors (Lipinski definition) is 1. The largest absolute Gasteiger partial charge is 0.349 e. The molecule has 1 atom stereocenters. The van der Waals surface area contributed by atoms with E-state index in [0.717, 1.165) is 5.56 Å². The Kier molecular flexibility index (Phi) is 6.69. The fraction of sp³-hybridized carbons (Fsp3) is 0.316. The van der Waals surface area contributed by atoms with Crippen molar-refractivity contribution in [2.45, 2.75) is 32.6 Å². The van der Waals surface area contributed by atoms with Gasteiger partial charge in [0.15, 0.2) is 0 Å². The van der Waals surface area contributed by atoms with Crippen molar-refractivity contribution in [2.24, 2.45) is 0 Å². The van der Waals surface area contributed by atoms with Gasteiger partial charge in [-0.15, -0.1) is 11.8 Å². The fourth-order valence-corrected chi connectivity index (χ4v) is 3.28. The number of rotatable bonds is 6. The zero-order chi connectivity index (χ0) is 17.7. The van der Waals surface area contributed by atoms with Crippen molar-refractivity contribution in [3.8, 4) is 0 Å². The number of benzene rings is 2. The molecule has 1 amide bonds. The van der Waals surface area contributed by atoms with Gasteiger partial charge in [0.2, 0.25) is 5.91 Å². The highest BCUT2D eigenvalue weighted by atomic mass is 35.5. The molecule has 2 rings (SSSR count). The van der Waals surface area contributed by atoms with Gasteiger partial charge >= 0.3 is 0 Å². The van der Waals surface area contributed by atoms with Gasteiger partial charge in [-0.3, -0.25) is 4.79 Å². The maximum Gasteiger partial charge on any atom is 0.230 e. The summed E-state index contributed by atoms with van der Waals surface area (Å²) in [4.78, 5) is 12.1. The van der Waals surface area contributed by atoms with Gasteiger partial charge in [0.25, 0.3) is 0 Å². The molecule has 1 unspecified atom stereocenters. The van der Waals surface area contributed by atoms with Gasteiger partial charge < -0.3 is 5.32 Å². The number of halogens is 2. The molecule has 0 saturated heterocycles. The molecule has 0 spiro atoms. The van der Waals surface area contributed by atoms with Crippen LogP contribution < -0.4 is 5.32 Å². The topological polar surface area (TPSA) is 29.1 Å². The van der Waals surface area contributed by atoms with Crippen LogP contribution in [0.5, 0.6) is 0 Å². The Morgan fingerprint density at radius 1 is 1.21 bits per heavy atom. The van der Waals surface area contributed by atoms with E-state index in [0.29, 0.717) is 16.3 Å². The van der Waals surface area contributed by atoms with Gasteiger partial charge in [0.05, 0.1) is 11.8 Å². The van der Waals surface area contributed by atoms with Crippen molar-refractivity contribution in [1.29, 1.82) is 0 Å². The second-order valence-electron chi connectivity index (χ2n) is 5.86. The average Bonchev–Trinajstić information content (AvgIpc) is 2.52. The van der Waals surface area contributed by atoms with E-state index < -0.39 is 0 Å². The standard InChI is InChI=1S/C19H21ClFNOS/c1-12-4-5-15(8-13(12)2)14(3)22-19(23)11-24-10-16-6-7-17(20)9-18(16)21/h4-9,14H,10-11H2,1-3H3,(H,22,23). The van der Waals surface area contributed by atoms with Crippen molar-refractivity contribution >= 4 is 29.3 Å². The molecule has 24 heavy (non-hydrogen) atoms. The molecule has 0 heterocycles. The van der Waals surface area contributed by atoms with Crippen LogP contribution in [0.3, 0.4) is 0 Å². The highest BCUT2D eigenvalue weighted by molar-refractivity contribution is 7.99. The molecule has 128 valence electrons. The van der Waals surface area contributed by atoms with Crippen LogP contribution in [-0.4, -0.2) is 11.7 Å². The SMILES string of the molecule is Cc1ccc(C(C)NC(=O)CSCc2ccc(Cl)cc2F)cc1C. The van der Waals surface area contributed by atoms with Crippen molar-refractivity contribution < 1.29 is 9.18 Å². The molecule has 1 N–H and O–H groups in total. The van der Waals surface area contributed by atoms with E-state index in [1.807, 2.05) is 13.0 Å². The third-order valence-electron chi connectivity index (χ3n) is 3.91. The second-order valence-corrected chi connectivity index (χ2v) is 7.28. The first-order valence-electron chi connectivity index (χ1n) is 7.75. The molecule has 0 aliphatic rings. The number of hydrogen-bond acceptors (Lipinski definition) is 2. The van der Waals surface area contributed by atoms with E-state index >= 15 is 0 Å². The van der Waals surface area contributed by atoms with Crippen LogP contribution >= 0.6 is 23.4 Å². The Morgan fingerprint density at radius 2 is 1.96 bits per heavy atom. The Labute approximate surface area is 151 Å². The van der Waals surface area contributed by atoms with E-state index in [9.17, 15) is 9.18 Å². The molecule has 0 aliphatic heterocycles. The molecule has 0 radical (unpaired) electrons. The summed E-state index contributed by atoms with van der Waals surface area (Å²) in [7, 11) is 0. The highest BCUT2D eigenvalue weighted by Crippen LogP contribution is 2.20. The zero-order valence-corrected chi connectivity index (χ0v) is 15.6. The molecule has 0 aromatic heterocycles. The smallest absolute Gasteiger partial charge is 0.230 e. The normalized spacial score (nSPS) is 12.0. The number of thioether (sulfide) groups is 1. The summed E-state index contributed by atoms with van der Waals surface area (Å²) in [5.74, 6) is 0.338. The fourth-order valence-electron chi connectivity index (χ4n) is 2.29. The van der Waals surface area contributed by atoms with Crippen molar-refractivity contribution in [3.05, 3.63) is 69.5 Å². The molecular weight excluding hydrogens is 345 g/mol. The lowest BCUT2D eigenvalue weighted by molar-refractivity contribution is -0.119. The predicted molar refractivity (Wildman–Crippen MR) is 100 cm³/mol. The van der Waals surface area contributed by atoms with Crippen LogP contribution in [0.15, 0.2) is 36.4 Å². The minimum Gasteiger partial charge on any atom is -0.349 e. The van der Waals surface area contributed by atoms with E-state index in [2.05, 4.69) is 31.3 Å². The Balaban J connectivity index is 1.83. The summed E-state index contributed by atoms with van der Waals surface area (Å²) >= 11 is 7.11. The first-order chi connectivity index (χ1) is 11.4. The summed E-state index contributed by atoms with van der Waals surface area (Å²) in [6.07, 6.45) is 0. The summed E-state index contributed by atoms with van der Waals surface area (Å²) in [5.41, 5.74) is 4.08. The molecule has 0 fully saturated rings. The Morgan fingerprint density at radius 3 is 2.62 bits per heavy atom. The molecule has 0 saturated carbocycles. The quantitative estimate of drug-likeness (QED) is 0.761. The van der Waals surface area contributed by atoms with E-state index in [1.54, 1.807) is 12.1 Å². The zero-order valence-electron chi connectivity index (χ0n) is 14.0. The van der Waals surface area contributed by atoms with Gasteiger partial charge in [-0.25, -0.2) is 4.39 Å². The molecule has 0 bridgehead atoms. The van der Waals surface area contributed by atoms with E-state index in [1.165, 1.54) is 29.0 Å². The molecular formula is C19H21ClFNOS. The number of carbonyl (C=O) groups excluding carboxylic acids is 1. The second kappa shape index (κ2) is 8.54. The van der Waals surface area contributed by atoms with E-state index in [-0.39, 0.29) is 23.5 Å². The number of carbonyl (C=O) groups is 1. The third-order valence-corrected chi connectivity index (χ3v) is 5.13. The van der Waals surface area contributed by atoms with Crippen LogP contribution in [0.4, 0.5) is 4.39 Å². The highest BCUT2D eigenvalue weighted by Gasteiger charge is 2.11. The lowest BCUT2D eigenvalue weighted by atomic mass is 10.0. The minimum absolute atomic E-state index is 0.0512. The van der Waals surface area contributed by atoms with Gasteiger partial charge in [-0.1, -0.05) is 35.9 Å². The number of nitrogens with one attached hydrogen (secondary N) is 1. The van der Waals surface area contributed by atoms with Crippen LogP contribution in [0, 0.1) is 19.7 Å². The van der Waals surface area contributed by atoms with Gasteiger partial charge in [0, 0.05) is 10.8 Å². The van der Waals surface area contributed by atoms with Crippen LogP contribution in [0.25, 0.3) is 0 Å². The van der Waals surface area contributed by atoms with Crippen molar-refractivity contribution in [1.82, 2.24) is 5.32 Å². The first kappa shape index (κ1) is 18.8. The molecule has 0 aliphatic carbocycles. The van der Waals surface area contributed by atoms with Gasteiger partial charge in [0.1, 0.15) is 5.82 Å². The first-order valence-corrected chi connectivity index (χ1v) is 9.28. The van der Waals surface area contributed by atoms with Crippen LogP contribution in [0.1, 0.15) is 35.2 Å². The molecule has 5 heteroatoms. The lowest BCUT2D eigenvalue weighted by Crippen LogP contribution is -2.28. The Hall–Kier alpha value is -1.52. The third kappa shape index (κ3) is 5.25. The molecule has 2 nitrogen and oxygen atoms in total. The molecule has 2 aromatic carbocycles. The summed E-state index contributed by atoms with van der Waals surface area (Å²) in [6, 6.07) is 10.7.